The zero-order valence-corrected chi connectivity index (χ0v) is 15.5. The largest absolute Gasteiger partial charge is 0.511 e. The summed E-state index contributed by atoms with van der Waals surface area (Å²) in [7, 11) is 0. The van der Waals surface area contributed by atoms with Crippen molar-refractivity contribution >= 4 is 22.7 Å². The number of pyridine rings is 1. The van der Waals surface area contributed by atoms with E-state index in [4.69, 9.17) is 5.11 Å². The van der Waals surface area contributed by atoms with Gasteiger partial charge in [0, 0.05) is 31.2 Å². The van der Waals surface area contributed by atoms with Gasteiger partial charge < -0.3 is 24.6 Å². The lowest BCUT2D eigenvalue weighted by Gasteiger charge is -2.38. The minimum Gasteiger partial charge on any atom is -0.449 e. The average Bonchev–Trinajstić information content (AvgIpc) is 3.43. The highest BCUT2D eigenvalue weighted by Gasteiger charge is 2.31. The number of hydrogen-bond acceptors (Lipinski definition) is 5. The molecule has 1 aliphatic heterocycles. The number of nitrogens with zero attached hydrogens (tertiary/aromatic N) is 2. The molecular formula is C19H21F2N3O4. The smallest absolute Gasteiger partial charge is 0.449 e. The first-order valence-corrected chi connectivity index (χ1v) is 9.25. The van der Waals surface area contributed by atoms with Gasteiger partial charge in [-0.05, 0) is 32.8 Å². The molecule has 2 atom stereocenters. The fourth-order valence-electron chi connectivity index (χ4n) is 3.97. The van der Waals surface area contributed by atoms with Gasteiger partial charge in [0.25, 0.3) is 0 Å². The van der Waals surface area contributed by atoms with E-state index >= 15 is 4.39 Å². The minimum absolute atomic E-state index is 0.00201. The Morgan fingerprint density at radius 1 is 1.21 bits per heavy atom. The Morgan fingerprint density at radius 2 is 1.86 bits per heavy atom. The number of anilines is 1. The maximum Gasteiger partial charge on any atom is 0.511 e. The van der Waals surface area contributed by atoms with Crippen LogP contribution in [0.3, 0.4) is 0 Å². The fraction of sp³-hybridized carbons (Fsp3) is 0.474. The molecule has 9 heteroatoms. The highest BCUT2D eigenvalue weighted by atomic mass is 19.2. The van der Waals surface area contributed by atoms with Crippen LogP contribution < -0.4 is 20.4 Å². The number of aromatic nitrogens is 1. The van der Waals surface area contributed by atoms with Gasteiger partial charge in [0.2, 0.25) is 5.43 Å². The van der Waals surface area contributed by atoms with Crippen molar-refractivity contribution < 1.29 is 23.4 Å². The third-order valence-corrected chi connectivity index (χ3v) is 5.19. The summed E-state index contributed by atoms with van der Waals surface area (Å²) in [6.07, 6.45) is 1.21. The molecule has 2 fully saturated rings. The van der Waals surface area contributed by atoms with E-state index < -0.39 is 34.4 Å². The normalized spacial score (nSPS) is 22.5. The average molecular weight is 393 g/mol. The molecule has 7 nitrogen and oxygen atoms in total. The van der Waals surface area contributed by atoms with Crippen LogP contribution in [0.2, 0.25) is 0 Å². The van der Waals surface area contributed by atoms with E-state index in [9.17, 15) is 14.0 Å². The Kier molecular flexibility index (Phi) is 4.49. The SMILES string of the molecule is CC1CN(c2cc3c(c(F)c2F)c(=O)c(OC(=O)O)cn3C2CC2)CC(C)N1. The van der Waals surface area contributed by atoms with E-state index in [-0.39, 0.29) is 29.3 Å². The van der Waals surface area contributed by atoms with Crippen molar-refractivity contribution in [1.82, 2.24) is 9.88 Å². The quantitative estimate of drug-likeness (QED) is 0.781. The van der Waals surface area contributed by atoms with Gasteiger partial charge in [0.05, 0.1) is 22.8 Å². The van der Waals surface area contributed by atoms with Gasteiger partial charge in [-0.25, -0.2) is 13.6 Å². The van der Waals surface area contributed by atoms with Crippen LogP contribution in [0.1, 0.15) is 32.7 Å². The van der Waals surface area contributed by atoms with E-state index in [1.54, 1.807) is 9.47 Å². The molecule has 1 aromatic heterocycles. The van der Waals surface area contributed by atoms with Crippen LogP contribution in [0.15, 0.2) is 17.1 Å². The molecule has 1 saturated heterocycles. The van der Waals surface area contributed by atoms with Crippen molar-refractivity contribution in [3.8, 4) is 5.75 Å². The number of halogens is 2. The molecule has 0 amide bonds. The first-order chi connectivity index (χ1) is 13.3. The molecule has 150 valence electrons. The molecule has 0 bridgehead atoms. The van der Waals surface area contributed by atoms with Gasteiger partial charge in [0.1, 0.15) is 0 Å². The summed E-state index contributed by atoms with van der Waals surface area (Å²) in [6.45, 7) is 4.93. The van der Waals surface area contributed by atoms with Crippen molar-refractivity contribution in [2.24, 2.45) is 0 Å². The zero-order valence-electron chi connectivity index (χ0n) is 15.5. The predicted octanol–water partition coefficient (Wildman–Crippen LogP) is 2.86. The number of ether oxygens (including phenoxy) is 1. The van der Waals surface area contributed by atoms with Gasteiger partial charge in [-0.1, -0.05) is 0 Å². The van der Waals surface area contributed by atoms with Crippen LogP contribution in [-0.2, 0) is 0 Å². The first-order valence-electron chi connectivity index (χ1n) is 9.25. The fourth-order valence-corrected chi connectivity index (χ4v) is 3.97. The molecule has 2 aromatic rings. The maximum absolute atomic E-state index is 15.0. The summed E-state index contributed by atoms with van der Waals surface area (Å²) in [6, 6.07) is 1.68. The first kappa shape index (κ1) is 18.7. The van der Waals surface area contributed by atoms with E-state index in [0.717, 1.165) is 12.8 Å². The number of piperazine rings is 1. The van der Waals surface area contributed by atoms with E-state index in [1.165, 1.54) is 12.3 Å². The van der Waals surface area contributed by atoms with Crippen LogP contribution in [-0.4, -0.2) is 41.0 Å². The molecule has 2 heterocycles. The van der Waals surface area contributed by atoms with Crippen molar-refractivity contribution in [1.29, 1.82) is 0 Å². The molecule has 2 aliphatic rings. The van der Waals surface area contributed by atoms with E-state index in [1.807, 2.05) is 13.8 Å². The summed E-state index contributed by atoms with van der Waals surface area (Å²) in [5, 5.41) is 11.7. The van der Waals surface area contributed by atoms with Crippen molar-refractivity contribution in [3.63, 3.8) is 0 Å². The Labute approximate surface area is 159 Å². The van der Waals surface area contributed by atoms with Gasteiger partial charge in [-0.3, -0.25) is 4.79 Å². The number of hydrogen-bond donors (Lipinski definition) is 2. The minimum atomic E-state index is -1.68. The lowest BCUT2D eigenvalue weighted by Crippen LogP contribution is -2.54. The van der Waals surface area contributed by atoms with Crippen LogP contribution >= 0.6 is 0 Å². The third kappa shape index (κ3) is 3.19. The Hall–Kier alpha value is -2.68. The van der Waals surface area contributed by atoms with Crippen LogP contribution in [0, 0.1) is 11.6 Å². The molecule has 2 unspecified atom stereocenters. The molecule has 4 rings (SSSR count). The second kappa shape index (κ2) is 6.73. The molecular weight excluding hydrogens is 372 g/mol. The summed E-state index contributed by atoms with van der Waals surface area (Å²) >= 11 is 0. The zero-order chi connectivity index (χ0) is 20.2. The number of nitrogens with one attached hydrogen (secondary N) is 1. The van der Waals surface area contributed by atoms with Crippen molar-refractivity contribution in [2.45, 2.75) is 44.8 Å². The number of carbonyl (C=O) groups is 1. The standard InChI is InChI=1S/C19H21F2N3O4/c1-9-6-23(7-10(2)22-9)13-5-12-15(17(21)16(13)20)18(25)14(28-19(26)27)8-24(12)11-3-4-11/h5,8-11,22H,3-4,6-7H2,1-2H3,(H,26,27). The summed E-state index contributed by atoms with van der Waals surface area (Å²) in [5.74, 6) is -2.91. The van der Waals surface area contributed by atoms with Gasteiger partial charge in [0.15, 0.2) is 17.4 Å². The summed E-state index contributed by atoms with van der Waals surface area (Å²) in [5.41, 5.74) is -0.622. The molecule has 0 radical (unpaired) electrons. The van der Waals surface area contributed by atoms with Crippen LogP contribution in [0.4, 0.5) is 19.3 Å². The molecule has 1 aliphatic carbocycles. The second-order valence-electron chi connectivity index (χ2n) is 7.62. The van der Waals surface area contributed by atoms with Gasteiger partial charge >= 0.3 is 6.16 Å². The highest BCUT2D eigenvalue weighted by Crippen LogP contribution is 2.39. The number of fused-ring (bicyclic) bond motifs is 1. The molecule has 1 saturated carbocycles. The van der Waals surface area contributed by atoms with Gasteiger partial charge in [-0.2, -0.15) is 0 Å². The molecule has 0 spiro atoms. The molecule has 1 aromatic carbocycles. The monoisotopic (exact) mass is 393 g/mol. The molecule has 2 N–H and O–H groups in total. The van der Waals surface area contributed by atoms with Crippen molar-refractivity contribution in [2.75, 3.05) is 18.0 Å². The lowest BCUT2D eigenvalue weighted by molar-refractivity contribution is 0.143. The number of benzene rings is 1. The van der Waals surface area contributed by atoms with Gasteiger partial charge in [-0.15, -0.1) is 0 Å². The molecule has 28 heavy (non-hydrogen) atoms. The highest BCUT2D eigenvalue weighted by molar-refractivity contribution is 5.86. The number of carboxylic acid groups (broad SMARTS) is 1. The lowest BCUT2D eigenvalue weighted by atomic mass is 10.1. The Morgan fingerprint density at radius 3 is 2.43 bits per heavy atom. The number of rotatable bonds is 3. The summed E-state index contributed by atoms with van der Waals surface area (Å²) < 4.78 is 36.1. The Balaban J connectivity index is 1.93. The topological polar surface area (TPSA) is 83.8 Å². The van der Waals surface area contributed by atoms with E-state index in [2.05, 4.69) is 10.1 Å². The van der Waals surface area contributed by atoms with Crippen molar-refractivity contribution in [3.05, 3.63) is 34.1 Å². The Bertz CT molecular complexity index is 1010. The van der Waals surface area contributed by atoms with Crippen LogP contribution in [0.5, 0.6) is 5.75 Å². The van der Waals surface area contributed by atoms with Crippen LogP contribution in [0.25, 0.3) is 10.9 Å². The predicted molar refractivity (Wildman–Crippen MR) is 99.3 cm³/mol. The summed E-state index contributed by atoms with van der Waals surface area (Å²) in [4.78, 5) is 25.2. The maximum atomic E-state index is 15.0. The second-order valence-corrected chi connectivity index (χ2v) is 7.62. The van der Waals surface area contributed by atoms with E-state index in [0.29, 0.717) is 13.1 Å². The third-order valence-electron chi connectivity index (χ3n) is 5.19.